The summed E-state index contributed by atoms with van der Waals surface area (Å²) in [6.07, 6.45) is 1.87. The fourth-order valence-corrected chi connectivity index (χ4v) is 5.35. The van der Waals surface area contributed by atoms with Gasteiger partial charge in [-0.15, -0.1) is 0 Å². The number of rotatable bonds is 12. The zero-order valence-electron chi connectivity index (χ0n) is 25.0. The van der Waals surface area contributed by atoms with Gasteiger partial charge in [-0.3, -0.25) is 27.9 Å². The third-order valence-corrected chi connectivity index (χ3v) is 7.60. The zero-order chi connectivity index (χ0) is 31.2. The number of hydrogen-bond donors (Lipinski definition) is 1. The topological polar surface area (TPSA) is 126 Å². The molecule has 5 aromatic rings. The highest BCUT2D eigenvalue weighted by Crippen LogP contribution is 2.27. The average Bonchev–Trinajstić information content (AvgIpc) is 3.02. The molecule has 0 radical (unpaired) electrons. The Morgan fingerprint density at radius 3 is 2.48 bits per heavy atom. The first-order valence-corrected chi connectivity index (χ1v) is 14.5. The lowest BCUT2D eigenvalue weighted by molar-refractivity contribution is -0.121. The molecule has 0 atom stereocenters. The van der Waals surface area contributed by atoms with Crippen molar-refractivity contribution in [3.05, 3.63) is 115 Å². The maximum absolute atomic E-state index is 13.6. The third kappa shape index (κ3) is 6.41. The molecular weight excluding hydrogens is 562 g/mol. The lowest BCUT2D eigenvalue weighted by Gasteiger charge is -2.14. The Morgan fingerprint density at radius 2 is 1.68 bits per heavy atom. The van der Waals surface area contributed by atoms with Gasteiger partial charge in [0, 0.05) is 31.3 Å². The predicted octanol–water partition coefficient (Wildman–Crippen LogP) is 3.07. The maximum Gasteiger partial charge on any atom is 0.331 e. The van der Waals surface area contributed by atoms with Crippen LogP contribution in [0, 0.1) is 6.92 Å². The summed E-state index contributed by atoms with van der Waals surface area (Å²) in [5, 5.41) is 3.32. The first-order chi connectivity index (χ1) is 21.3. The van der Waals surface area contributed by atoms with E-state index in [-0.39, 0.29) is 36.5 Å². The second-order valence-corrected chi connectivity index (χ2v) is 10.5. The van der Waals surface area contributed by atoms with Crippen LogP contribution in [0.3, 0.4) is 0 Å². The number of hydrogen-bond acceptors (Lipinski definition) is 7. The fourth-order valence-electron chi connectivity index (χ4n) is 5.35. The maximum atomic E-state index is 13.6. The largest absolute Gasteiger partial charge is 0.493 e. The Balaban J connectivity index is 1.25. The van der Waals surface area contributed by atoms with E-state index in [1.54, 1.807) is 44.6 Å². The molecule has 11 nitrogen and oxygen atoms in total. The van der Waals surface area contributed by atoms with Crippen LogP contribution >= 0.6 is 0 Å². The number of nitrogens with zero attached hydrogens (tertiary/aromatic N) is 4. The van der Waals surface area contributed by atoms with E-state index < -0.39 is 5.69 Å². The number of amides is 1. The zero-order valence-corrected chi connectivity index (χ0v) is 25.0. The molecule has 0 aliphatic rings. The highest BCUT2D eigenvalue weighted by Gasteiger charge is 2.15. The number of unbranched alkanes of at least 4 members (excludes halogenated alkanes) is 1. The van der Waals surface area contributed by atoms with Gasteiger partial charge in [0.15, 0.2) is 11.5 Å². The Kier molecular flexibility index (Phi) is 9.23. The van der Waals surface area contributed by atoms with E-state index in [1.165, 1.54) is 19.6 Å². The quantitative estimate of drug-likeness (QED) is 0.219. The molecule has 1 N–H and O–H groups in total. The third-order valence-electron chi connectivity index (χ3n) is 7.60. The number of para-hydroxylation sites is 1. The lowest BCUT2D eigenvalue weighted by Crippen LogP contribution is -2.40. The van der Waals surface area contributed by atoms with Crippen LogP contribution in [-0.2, 0) is 24.3 Å². The predicted molar refractivity (Wildman–Crippen MR) is 168 cm³/mol. The molecule has 3 aromatic heterocycles. The van der Waals surface area contributed by atoms with E-state index >= 15 is 0 Å². The first-order valence-electron chi connectivity index (χ1n) is 14.5. The number of carbonyl (C=O) groups is 1. The normalized spacial score (nSPS) is 11.2. The number of ether oxygens (including phenoxy) is 2. The molecule has 2 aromatic carbocycles. The van der Waals surface area contributed by atoms with E-state index in [0.717, 1.165) is 11.3 Å². The van der Waals surface area contributed by atoms with Gasteiger partial charge in [0.1, 0.15) is 5.65 Å². The molecule has 0 saturated carbocycles. The van der Waals surface area contributed by atoms with Gasteiger partial charge in [-0.25, -0.2) is 9.78 Å². The molecule has 1 amide bonds. The summed E-state index contributed by atoms with van der Waals surface area (Å²) in [6, 6.07) is 19.4. The summed E-state index contributed by atoms with van der Waals surface area (Å²) in [6.45, 7) is 2.48. The van der Waals surface area contributed by atoms with E-state index in [4.69, 9.17) is 9.47 Å². The van der Waals surface area contributed by atoms with Crippen LogP contribution in [0.15, 0.2) is 81.1 Å². The van der Waals surface area contributed by atoms with Crippen LogP contribution in [0.1, 0.15) is 36.2 Å². The van der Waals surface area contributed by atoms with E-state index in [1.807, 2.05) is 37.3 Å². The summed E-state index contributed by atoms with van der Waals surface area (Å²) < 4.78 is 14.8. The molecule has 0 unspecified atom stereocenters. The highest BCUT2D eigenvalue weighted by molar-refractivity contribution is 5.78. The monoisotopic (exact) mass is 597 g/mol. The highest BCUT2D eigenvalue weighted by atomic mass is 16.5. The minimum atomic E-state index is -0.487. The smallest absolute Gasteiger partial charge is 0.331 e. The minimum absolute atomic E-state index is 0.0295. The number of nitrogens with one attached hydrogen (secondary N) is 1. The van der Waals surface area contributed by atoms with Crippen molar-refractivity contribution in [2.45, 2.75) is 45.7 Å². The molecule has 0 fully saturated rings. The van der Waals surface area contributed by atoms with Crippen molar-refractivity contribution in [3.8, 4) is 11.5 Å². The van der Waals surface area contributed by atoms with Crippen LogP contribution in [0.5, 0.6) is 11.5 Å². The van der Waals surface area contributed by atoms with Crippen molar-refractivity contribution in [2.75, 3.05) is 20.8 Å². The second-order valence-electron chi connectivity index (χ2n) is 10.5. The first kappa shape index (κ1) is 30.3. The van der Waals surface area contributed by atoms with Crippen molar-refractivity contribution >= 4 is 22.5 Å². The van der Waals surface area contributed by atoms with Gasteiger partial charge in [0.25, 0.3) is 11.1 Å². The lowest BCUT2D eigenvalue weighted by atomic mass is 10.1. The summed E-state index contributed by atoms with van der Waals surface area (Å²) in [5.41, 5.74) is 2.03. The van der Waals surface area contributed by atoms with Crippen molar-refractivity contribution in [3.63, 3.8) is 0 Å². The molecule has 44 heavy (non-hydrogen) atoms. The second kappa shape index (κ2) is 13.4. The molecule has 228 valence electrons. The summed E-state index contributed by atoms with van der Waals surface area (Å²) >= 11 is 0. The van der Waals surface area contributed by atoms with Gasteiger partial charge in [0.05, 0.1) is 37.4 Å². The van der Waals surface area contributed by atoms with Crippen LogP contribution in [0.25, 0.3) is 16.6 Å². The average molecular weight is 598 g/mol. The van der Waals surface area contributed by atoms with Gasteiger partial charge in [-0.1, -0.05) is 24.3 Å². The number of benzene rings is 2. The van der Waals surface area contributed by atoms with Gasteiger partial charge < -0.3 is 14.8 Å². The summed E-state index contributed by atoms with van der Waals surface area (Å²) in [4.78, 5) is 56.8. The van der Waals surface area contributed by atoms with Crippen LogP contribution in [-0.4, -0.2) is 45.2 Å². The standard InChI is InChI=1S/C33H35N5O6/c1-22-9-8-12-29-35-24(20-31(40)38(22)29)21-37-26-11-5-4-10-25(26)32(41)36(33(37)42)18-7-6-13-30(39)34-17-16-23-14-15-27(43-2)28(19-23)44-3/h4-5,8-12,14-15,19-20H,6-7,13,16-18,21H2,1-3H3,(H,34,39). The molecule has 5 rings (SSSR count). The van der Waals surface area contributed by atoms with Crippen molar-refractivity contribution < 1.29 is 14.3 Å². The number of fused-ring (bicyclic) bond motifs is 2. The Morgan fingerprint density at radius 1 is 0.886 bits per heavy atom. The Bertz CT molecular complexity index is 2010. The molecule has 11 heteroatoms. The van der Waals surface area contributed by atoms with Crippen molar-refractivity contribution in [1.82, 2.24) is 23.8 Å². The van der Waals surface area contributed by atoms with Crippen molar-refractivity contribution in [1.29, 1.82) is 0 Å². The van der Waals surface area contributed by atoms with Crippen LogP contribution in [0.2, 0.25) is 0 Å². The number of pyridine rings is 1. The number of aromatic nitrogens is 4. The molecule has 0 aliphatic heterocycles. The molecule has 0 saturated heterocycles. The molecule has 0 bridgehead atoms. The van der Waals surface area contributed by atoms with E-state index in [2.05, 4.69) is 10.3 Å². The van der Waals surface area contributed by atoms with Crippen LogP contribution < -0.4 is 31.6 Å². The SMILES string of the molecule is COc1ccc(CCNC(=O)CCCCn2c(=O)c3ccccc3n(Cc3cc(=O)n4c(C)cccc4n3)c2=O)cc1OC. The molecule has 3 heterocycles. The molecule has 0 spiro atoms. The van der Waals surface area contributed by atoms with Gasteiger partial charge >= 0.3 is 5.69 Å². The number of methoxy groups -OCH3 is 2. The van der Waals surface area contributed by atoms with Gasteiger partial charge in [-0.2, -0.15) is 0 Å². The van der Waals surface area contributed by atoms with Crippen molar-refractivity contribution in [2.24, 2.45) is 0 Å². The summed E-state index contributed by atoms with van der Waals surface area (Å²) in [7, 11) is 3.16. The van der Waals surface area contributed by atoms with Crippen LogP contribution in [0.4, 0.5) is 0 Å². The van der Waals surface area contributed by atoms with Gasteiger partial charge in [0.2, 0.25) is 5.91 Å². The number of carbonyl (C=O) groups excluding carboxylic acids is 1. The van der Waals surface area contributed by atoms with E-state index in [0.29, 0.717) is 59.6 Å². The minimum Gasteiger partial charge on any atom is -0.493 e. The Hall–Kier alpha value is -5.19. The fraction of sp³-hybridized carbons (Fsp3) is 0.303. The Labute approximate surface area is 253 Å². The molecular formula is C33H35N5O6. The molecule has 0 aliphatic carbocycles. The summed E-state index contributed by atoms with van der Waals surface area (Å²) in [5.74, 6) is 1.18. The number of aryl methyl sites for hydroxylation is 1. The van der Waals surface area contributed by atoms with Gasteiger partial charge in [-0.05, 0) is 68.1 Å². The van der Waals surface area contributed by atoms with E-state index in [9.17, 15) is 19.2 Å².